The number of rotatable bonds is 5. The number of carboxylic acid groups (broad SMARTS) is 1. The van der Waals surface area contributed by atoms with Crippen molar-refractivity contribution in [3.8, 4) is 0 Å². The van der Waals surface area contributed by atoms with Gasteiger partial charge in [-0.05, 0) is 0 Å². The van der Waals surface area contributed by atoms with Crippen molar-refractivity contribution in [1.29, 1.82) is 0 Å². The van der Waals surface area contributed by atoms with Crippen molar-refractivity contribution < 1.29 is 24.2 Å². The number of methoxy groups -OCH3 is 2. The standard InChI is InChI=1S/C11H19NO5S/c1-7(18)4-9(13)12-6-11(16-2,17-3)5-8(12)10(14)15/h7-8,18H,4-6H2,1-3H3,(H,14,15)/t7?,8-/m0/s1. The first-order valence-electron chi connectivity index (χ1n) is 5.66. The van der Waals surface area contributed by atoms with Crippen LogP contribution in [0.15, 0.2) is 0 Å². The summed E-state index contributed by atoms with van der Waals surface area (Å²) in [6.45, 7) is 1.91. The van der Waals surface area contributed by atoms with Gasteiger partial charge in [-0.1, -0.05) is 6.92 Å². The summed E-state index contributed by atoms with van der Waals surface area (Å²) in [6, 6.07) is -0.913. The molecule has 104 valence electrons. The molecule has 18 heavy (non-hydrogen) atoms. The fraction of sp³-hybridized carbons (Fsp3) is 0.818. The predicted octanol–water partition coefficient (Wildman–Crippen LogP) is 0.369. The summed E-state index contributed by atoms with van der Waals surface area (Å²) >= 11 is 4.14. The summed E-state index contributed by atoms with van der Waals surface area (Å²) in [7, 11) is 2.88. The average molecular weight is 277 g/mol. The highest BCUT2D eigenvalue weighted by molar-refractivity contribution is 7.80. The molecule has 1 aliphatic rings. The third kappa shape index (κ3) is 3.15. The molecule has 1 heterocycles. The molecular weight excluding hydrogens is 258 g/mol. The van der Waals surface area contributed by atoms with E-state index >= 15 is 0 Å². The summed E-state index contributed by atoms with van der Waals surface area (Å²) in [5, 5.41) is 9.05. The van der Waals surface area contributed by atoms with Crippen molar-refractivity contribution in [2.45, 2.75) is 36.8 Å². The molecule has 7 heteroatoms. The number of ether oxygens (including phenoxy) is 2. The van der Waals surface area contributed by atoms with Crippen LogP contribution in [-0.2, 0) is 19.1 Å². The van der Waals surface area contributed by atoms with E-state index in [0.717, 1.165) is 0 Å². The maximum absolute atomic E-state index is 12.0. The van der Waals surface area contributed by atoms with Crippen LogP contribution in [0.3, 0.4) is 0 Å². The molecule has 1 N–H and O–H groups in total. The van der Waals surface area contributed by atoms with Gasteiger partial charge in [0.15, 0.2) is 5.79 Å². The lowest BCUT2D eigenvalue weighted by Gasteiger charge is -2.26. The third-order valence-electron chi connectivity index (χ3n) is 3.11. The number of carbonyl (C=O) groups excluding carboxylic acids is 1. The van der Waals surface area contributed by atoms with Crippen LogP contribution in [0.1, 0.15) is 19.8 Å². The van der Waals surface area contributed by atoms with Gasteiger partial charge in [0.2, 0.25) is 5.91 Å². The Morgan fingerprint density at radius 3 is 2.44 bits per heavy atom. The Balaban J connectivity index is 2.88. The molecule has 0 aromatic heterocycles. The highest BCUT2D eigenvalue weighted by Crippen LogP contribution is 2.31. The fourth-order valence-corrected chi connectivity index (χ4v) is 2.23. The van der Waals surface area contributed by atoms with Gasteiger partial charge < -0.3 is 19.5 Å². The van der Waals surface area contributed by atoms with E-state index < -0.39 is 17.8 Å². The summed E-state index contributed by atoms with van der Waals surface area (Å²) in [6.07, 6.45) is 0.318. The van der Waals surface area contributed by atoms with Crippen molar-refractivity contribution in [1.82, 2.24) is 4.90 Å². The monoisotopic (exact) mass is 277 g/mol. The number of thiol groups is 1. The highest BCUT2D eigenvalue weighted by Gasteiger charge is 2.49. The van der Waals surface area contributed by atoms with Crippen molar-refractivity contribution in [3.63, 3.8) is 0 Å². The van der Waals surface area contributed by atoms with Gasteiger partial charge in [0.1, 0.15) is 6.04 Å². The lowest BCUT2D eigenvalue weighted by molar-refractivity contribution is -0.197. The molecule has 0 bridgehead atoms. The molecule has 1 fully saturated rings. The number of likely N-dealkylation sites (tertiary alicyclic amines) is 1. The summed E-state index contributed by atoms with van der Waals surface area (Å²) in [4.78, 5) is 24.5. The molecule has 6 nitrogen and oxygen atoms in total. The smallest absolute Gasteiger partial charge is 0.326 e. The number of nitrogens with zero attached hydrogens (tertiary/aromatic N) is 1. The highest BCUT2D eigenvalue weighted by atomic mass is 32.1. The number of carbonyl (C=O) groups is 2. The van der Waals surface area contributed by atoms with Gasteiger partial charge >= 0.3 is 5.97 Å². The molecule has 0 aromatic rings. The van der Waals surface area contributed by atoms with Crippen LogP contribution in [-0.4, -0.2) is 59.7 Å². The molecule has 1 amide bonds. The Labute approximate surface area is 112 Å². The number of carboxylic acids is 1. The van der Waals surface area contributed by atoms with Crippen LogP contribution < -0.4 is 0 Å². The Morgan fingerprint density at radius 1 is 1.50 bits per heavy atom. The SMILES string of the molecule is COC1(OC)C[C@@H](C(=O)O)N(C(=O)CC(C)S)C1. The van der Waals surface area contributed by atoms with E-state index in [-0.39, 0.29) is 30.5 Å². The lowest BCUT2D eigenvalue weighted by atomic mass is 10.1. The second kappa shape index (κ2) is 5.90. The zero-order valence-electron chi connectivity index (χ0n) is 10.8. The Hall–Kier alpha value is -0.790. The van der Waals surface area contributed by atoms with E-state index in [0.29, 0.717) is 0 Å². The number of hydrogen-bond donors (Lipinski definition) is 2. The molecule has 1 aliphatic heterocycles. The van der Waals surface area contributed by atoms with E-state index in [1.165, 1.54) is 19.1 Å². The van der Waals surface area contributed by atoms with E-state index in [1.54, 1.807) is 6.92 Å². The first-order chi connectivity index (χ1) is 8.35. The number of amides is 1. The molecule has 0 saturated carbocycles. The molecular formula is C11H19NO5S. The normalized spacial score (nSPS) is 24.0. The Bertz CT molecular complexity index is 329. The minimum absolute atomic E-state index is 0.118. The number of aliphatic carboxylic acids is 1. The summed E-state index contributed by atoms with van der Waals surface area (Å²) in [5.41, 5.74) is 0. The molecule has 1 unspecified atom stereocenters. The predicted molar refractivity (Wildman–Crippen MR) is 67.6 cm³/mol. The molecule has 0 radical (unpaired) electrons. The first-order valence-corrected chi connectivity index (χ1v) is 6.17. The van der Waals surface area contributed by atoms with Crippen LogP contribution >= 0.6 is 12.6 Å². The van der Waals surface area contributed by atoms with Crippen LogP contribution in [0.4, 0.5) is 0 Å². The van der Waals surface area contributed by atoms with Gasteiger partial charge in [-0.2, -0.15) is 12.6 Å². The zero-order chi connectivity index (χ0) is 13.9. The lowest BCUT2D eigenvalue weighted by Crippen LogP contribution is -2.42. The maximum atomic E-state index is 12.0. The van der Waals surface area contributed by atoms with Crippen LogP contribution in [0.25, 0.3) is 0 Å². The van der Waals surface area contributed by atoms with Gasteiger partial charge in [-0.25, -0.2) is 4.79 Å². The third-order valence-corrected chi connectivity index (χ3v) is 3.29. The van der Waals surface area contributed by atoms with Gasteiger partial charge in [0, 0.05) is 32.3 Å². The maximum Gasteiger partial charge on any atom is 0.326 e. The quantitative estimate of drug-likeness (QED) is 0.561. The van der Waals surface area contributed by atoms with E-state index in [9.17, 15) is 9.59 Å². The van der Waals surface area contributed by atoms with Crippen LogP contribution in [0.2, 0.25) is 0 Å². The summed E-state index contributed by atoms with van der Waals surface area (Å²) < 4.78 is 10.4. The second-order valence-electron chi connectivity index (χ2n) is 4.45. The molecule has 0 aliphatic carbocycles. The van der Waals surface area contributed by atoms with Crippen molar-refractivity contribution in [2.75, 3.05) is 20.8 Å². The van der Waals surface area contributed by atoms with Crippen molar-refractivity contribution in [2.24, 2.45) is 0 Å². The van der Waals surface area contributed by atoms with Gasteiger partial charge in [0.05, 0.1) is 6.54 Å². The average Bonchev–Trinajstić information content (AvgIpc) is 2.69. The Morgan fingerprint density at radius 2 is 2.06 bits per heavy atom. The molecule has 2 atom stereocenters. The largest absolute Gasteiger partial charge is 0.480 e. The Kier molecular flexibility index (Phi) is 5.01. The molecule has 0 spiro atoms. The molecule has 0 aromatic carbocycles. The van der Waals surface area contributed by atoms with E-state index in [2.05, 4.69) is 12.6 Å². The first kappa shape index (κ1) is 15.3. The topological polar surface area (TPSA) is 76.1 Å². The molecule has 1 saturated heterocycles. The van der Waals surface area contributed by atoms with Gasteiger partial charge in [-0.15, -0.1) is 0 Å². The minimum Gasteiger partial charge on any atom is -0.480 e. The van der Waals surface area contributed by atoms with E-state index in [4.69, 9.17) is 14.6 Å². The van der Waals surface area contributed by atoms with Crippen molar-refractivity contribution >= 4 is 24.5 Å². The van der Waals surface area contributed by atoms with Crippen molar-refractivity contribution in [3.05, 3.63) is 0 Å². The van der Waals surface area contributed by atoms with Gasteiger partial charge in [0.25, 0.3) is 0 Å². The van der Waals surface area contributed by atoms with Gasteiger partial charge in [-0.3, -0.25) is 4.79 Å². The molecule has 1 rings (SSSR count). The fourth-order valence-electron chi connectivity index (χ4n) is 2.07. The van der Waals surface area contributed by atoms with Crippen LogP contribution in [0.5, 0.6) is 0 Å². The summed E-state index contributed by atoms with van der Waals surface area (Å²) in [5.74, 6) is -2.33. The second-order valence-corrected chi connectivity index (χ2v) is 5.33. The van der Waals surface area contributed by atoms with Crippen LogP contribution in [0, 0.1) is 0 Å². The number of hydrogen-bond acceptors (Lipinski definition) is 5. The van der Waals surface area contributed by atoms with E-state index in [1.807, 2.05) is 0 Å². The minimum atomic E-state index is -1.05. The zero-order valence-corrected chi connectivity index (χ0v) is 11.6.